The Bertz CT molecular complexity index is 602. The summed E-state index contributed by atoms with van der Waals surface area (Å²) in [6.07, 6.45) is 5.47. The Morgan fingerprint density at radius 1 is 0.952 bits per heavy atom. The van der Waals surface area contributed by atoms with E-state index < -0.39 is 10.0 Å². The number of hydrogen-bond acceptors (Lipinski definition) is 2. The van der Waals surface area contributed by atoms with Crippen LogP contribution in [0.5, 0.6) is 0 Å². The van der Waals surface area contributed by atoms with Crippen molar-refractivity contribution in [2.75, 3.05) is 7.05 Å². The van der Waals surface area contributed by atoms with Crippen molar-refractivity contribution in [3.63, 3.8) is 0 Å². The van der Waals surface area contributed by atoms with Gasteiger partial charge in [-0.3, -0.25) is 0 Å². The first-order valence-corrected chi connectivity index (χ1v) is 9.26. The molecule has 0 aromatic heterocycles. The molecule has 0 spiro atoms. The second-order valence-electron chi connectivity index (χ2n) is 6.40. The Morgan fingerprint density at radius 3 is 1.90 bits per heavy atom. The zero-order valence-electron chi connectivity index (χ0n) is 13.9. The highest BCUT2D eigenvalue weighted by molar-refractivity contribution is 7.89. The van der Waals surface area contributed by atoms with Gasteiger partial charge in [-0.1, -0.05) is 25.3 Å². The predicted octanol–water partition coefficient (Wildman–Crippen LogP) is 3.87. The van der Waals surface area contributed by atoms with Crippen LogP contribution in [-0.2, 0) is 10.0 Å². The lowest BCUT2D eigenvalue weighted by atomic mass is 9.96. The summed E-state index contributed by atoms with van der Waals surface area (Å²) in [5.41, 5.74) is 3.88. The number of rotatable bonds is 3. The SMILES string of the molecule is Cc1cc(C)c(C)c(S(=O)(=O)N(C)C2CCCCC2)c1C. The summed E-state index contributed by atoms with van der Waals surface area (Å²) in [5, 5.41) is 0. The standard InChI is InChI=1S/C17H27NO2S/c1-12-11-13(2)15(4)17(14(12)3)21(19,20)18(5)16-9-7-6-8-10-16/h11,16H,6-10H2,1-5H3. The van der Waals surface area contributed by atoms with Gasteiger partial charge in [-0.2, -0.15) is 4.31 Å². The van der Waals surface area contributed by atoms with Crippen LogP contribution in [0.1, 0.15) is 54.4 Å². The van der Waals surface area contributed by atoms with Crippen LogP contribution in [0.25, 0.3) is 0 Å². The molecule has 0 N–H and O–H groups in total. The lowest BCUT2D eigenvalue weighted by Crippen LogP contribution is -2.39. The van der Waals surface area contributed by atoms with Gasteiger partial charge >= 0.3 is 0 Å². The second kappa shape index (κ2) is 6.09. The minimum absolute atomic E-state index is 0.156. The molecule has 1 aliphatic rings. The van der Waals surface area contributed by atoms with Crippen molar-refractivity contribution in [3.8, 4) is 0 Å². The first-order chi connectivity index (χ1) is 9.76. The molecule has 0 aliphatic heterocycles. The Morgan fingerprint density at radius 2 is 1.43 bits per heavy atom. The molecule has 21 heavy (non-hydrogen) atoms. The third kappa shape index (κ3) is 3.02. The first-order valence-electron chi connectivity index (χ1n) is 7.82. The van der Waals surface area contributed by atoms with Gasteiger partial charge in [0.2, 0.25) is 10.0 Å². The summed E-state index contributed by atoms with van der Waals surface area (Å²) in [7, 11) is -1.66. The molecule has 1 aliphatic carbocycles. The summed E-state index contributed by atoms with van der Waals surface area (Å²) in [5.74, 6) is 0. The van der Waals surface area contributed by atoms with Gasteiger partial charge in [0, 0.05) is 13.1 Å². The lowest BCUT2D eigenvalue weighted by Gasteiger charge is -2.31. The fourth-order valence-corrected chi connectivity index (χ4v) is 5.34. The number of benzene rings is 1. The van der Waals surface area contributed by atoms with E-state index in [0.717, 1.165) is 47.9 Å². The van der Waals surface area contributed by atoms with Crippen LogP contribution in [-0.4, -0.2) is 25.8 Å². The third-order valence-corrected chi connectivity index (χ3v) is 7.21. The lowest BCUT2D eigenvalue weighted by molar-refractivity contribution is 0.285. The highest BCUT2D eigenvalue weighted by Gasteiger charge is 2.31. The van der Waals surface area contributed by atoms with Crippen LogP contribution >= 0.6 is 0 Å². The van der Waals surface area contributed by atoms with Crippen LogP contribution in [0.2, 0.25) is 0 Å². The van der Waals surface area contributed by atoms with E-state index in [1.807, 2.05) is 27.7 Å². The minimum atomic E-state index is -3.41. The topological polar surface area (TPSA) is 37.4 Å². The van der Waals surface area contributed by atoms with E-state index in [-0.39, 0.29) is 6.04 Å². The van der Waals surface area contributed by atoms with Gasteiger partial charge in [0.15, 0.2) is 0 Å². The summed E-state index contributed by atoms with van der Waals surface area (Å²) < 4.78 is 27.8. The molecular formula is C17H27NO2S. The molecule has 0 amide bonds. The second-order valence-corrected chi connectivity index (χ2v) is 8.34. The molecule has 4 heteroatoms. The molecule has 3 nitrogen and oxygen atoms in total. The summed E-state index contributed by atoms with van der Waals surface area (Å²) in [6.45, 7) is 7.82. The maximum atomic E-state index is 13.1. The molecule has 0 heterocycles. The number of nitrogens with zero attached hydrogens (tertiary/aromatic N) is 1. The Hall–Kier alpha value is -0.870. The molecule has 1 aromatic carbocycles. The summed E-state index contributed by atoms with van der Waals surface area (Å²) in [6, 6.07) is 2.23. The molecule has 1 saturated carbocycles. The molecule has 0 saturated heterocycles. The third-order valence-electron chi connectivity index (χ3n) is 5.02. The monoisotopic (exact) mass is 309 g/mol. The smallest absolute Gasteiger partial charge is 0.207 e. The fourth-order valence-electron chi connectivity index (χ4n) is 3.35. The molecule has 1 aromatic rings. The Balaban J connectivity index is 2.49. The highest BCUT2D eigenvalue weighted by atomic mass is 32.2. The minimum Gasteiger partial charge on any atom is -0.207 e. The van der Waals surface area contributed by atoms with E-state index in [9.17, 15) is 8.42 Å². The van der Waals surface area contributed by atoms with Gasteiger partial charge in [-0.15, -0.1) is 0 Å². The van der Waals surface area contributed by atoms with Crippen molar-refractivity contribution in [2.24, 2.45) is 0 Å². The average molecular weight is 309 g/mol. The van der Waals surface area contributed by atoms with E-state index >= 15 is 0 Å². The Kier molecular flexibility index (Phi) is 4.79. The highest BCUT2D eigenvalue weighted by Crippen LogP contribution is 2.31. The quantitative estimate of drug-likeness (QED) is 0.850. The van der Waals surface area contributed by atoms with Crippen molar-refractivity contribution >= 4 is 10.0 Å². The molecule has 118 valence electrons. The van der Waals surface area contributed by atoms with Gasteiger partial charge in [-0.25, -0.2) is 8.42 Å². The number of sulfonamides is 1. The van der Waals surface area contributed by atoms with Crippen molar-refractivity contribution in [2.45, 2.75) is 70.7 Å². The van der Waals surface area contributed by atoms with Gasteiger partial charge < -0.3 is 0 Å². The van der Waals surface area contributed by atoms with Crippen molar-refractivity contribution in [1.29, 1.82) is 0 Å². The zero-order chi connectivity index (χ0) is 15.8. The number of aryl methyl sites for hydroxylation is 2. The average Bonchev–Trinajstić information content (AvgIpc) is 2.45. The van der Waals surface area contributed by atoms with Crippen LogP contribution < -0.4 is 0 Å². The maximum Gasteiger partial charge on any atom is 0.243 e. The van der Waals surface area contributed by atoms with E-state index in [4.69, 9.17) is 0 Å². The molecule has 0 atom stereocenters. The molecule has 0 radical (unpaired) electrons. The maximum absolute atomic E-state index is 13.1. The summed E-state index contributed by atoms with van der Waals surface area (Å²) in [4.78, 5) is 0.521. The molecule has 2 rings (SSSR count). The van der Waals surface area contributed by atoms with Gasteiger partial charge in [0.25, 0.3) is 0 Å². The number of hydrogen-bond donors (Lipinski definition) is 0. The van der Waals surface area contributed by atoms with Crippen molar-refractivity contribution in [1.82, 2.24) is 4.31 Å². The van der Waals surface area contributed by atoms with Crippen molar-refractivity contribution < 1.29 is 8.42 Å². The van der Waals surface area contributed by atoms with E-state index in [1.165, 1.54) is 6.42 Å². The molecule has 0 bridgehead atoms. The van der Waals surface area contributed by atoms with Gasteiger partial charge in [-0.05, 0) is 62.8 Å². The van der Waals surface area contributed by atoms with Gasteiger partial charge in [0.05, 0.1) is 4.90 Å². The first kappa shape index (κ1) is 16.5. The van der Waals surface area contributed by atoms with Crippen molar-refractivity contribution in [3.05, 3.63) is 28.3 Å². The molecule has 0 unspecified atom stereocenters. The van der Waals surface area contributed by atoms with Crippen LogP contribution in [0.3, 0.4) is 0 Å². The summed E-state index contributed by atoms with van der Waals surface area (Å²) >= 11 is 0. The fraction of sp³-hybridized carbons (Fsp3) is 0.647. The predicted molar refractivity (Wildman–Crippen MR) is 87.2 cm³/mol. The Labute approximate surface area is 129 Å². The van der Waals surface area contributed by atoms with E-state index in [1.54, 1.807) is 11.4 Å². The molecular weight excluding hydrogens is 282 g/mol. The van der Waals surface area contributed by atoms with Crippen LogP contribution in [0, 0.1) is 27.7 Å². The van der Waals surface area contributed by atoms with Gasteiger partial charge in [0.1, 0.15) is 0 Å². The largest absolute Gasteiger partial charge is 0.243 e. The van der Waals surface area contributed by atoms with Crippen LogP contribution in [0.15, 0.2) is 11.0 Å². The zero-order valence-corrected chi connectivity index (χ0v) is 14.7. The normalized spacial score (nSPS) is 17.4. The van der Waals surface area contributed by atoms with E-state index in [0.29, 0.717) is 4.90 Å². The van der Waals surface area contributed by atoms with E-state index in [2.05, 4.69) is 6.07 Å². The molecule has 1 fully saturated rings. The van der Waals surface area contributed by atoms with Crippen LogP contribution in [0.4, 0.5) is 0 Å².